The molecule has 0 heterocycles. The number of hydrogen-bond donors (Lipinski definition) is 0. The Balaban J connectivity index is 1.67. The van der Waals surface area contributed by atoms with Crippen LogP contribution in [0.25, 0.3) is 6.08 Å². The zero-order valence-corrected chi connectivity index (χ0v) is 13.7. The lowest BCUT2D eigenvalue weighted by molar-refractivity contribution is 0.516. The predicted octanol–water partition coefficient (Wildman–Crippen LogP) is 6.10. The van der Waals surface area contributed by atoms with Gasteiger partial charge in [0.25, 0.3) is 0 Å². The van der Waals surface area contributed by atoms with Gasteiger partial charge in [-0.1, -0.05) is 73.4 Å². The zero-order chi connectivity index (χ0) is 14.3. The molecule has 1 saturated carbocycles. The highest BCUT2D eigenvalue weighted by atomic mass is 32.2. The summed E-state index contributed by atoms with van der Waals surface area (Å²) >= 11 is 2.21. The third-order valence-electron chi connectivity index (χ3n) is 4.68. The van der Waals surface area contributed by atoms with Crippen LogP contribution in [0.15, 0.2) is 48.1 Å². The van der Waals surface area contributed by atoms with E-state index in [1.165, 1.54) is 56.3 Å². The average molecular weight is 298 g/mol. The van der Waals surface area contributed by atoms with Crippen LogP contribution in [-0.4, -0.2) is 11.0 Å². The highest BCUT2D eigenvalue weighted by molar-refractivity contribution is 8.00. The van der Waals surface area contributed by atoms with Crippen LogP contribution in [0, 0.1) is 5.92 Å². The molecular weight excluding hydrogens is 272 g/mol. The monoisotopic (exact) mass is 298 g/mol. The molecule has 0 aliphatic heterocycles. The molecule has 1 aromatic rings. The number of thioether (sulfide) groups is 1. The van der Waals surface area contributed by atoms with Gasteiger partial charge < -0.3 is 0 Å². The minimum Gasteiger partial charge on any atom is -0.154 e. The maximum absolute atomic E-state index is 2.44. The van der Waals surface area contributed by atoms with Crippen molar-refractivity contribution < 1.29 is 0 Å². The van der Waals surface area contributed by atoms with Crippen LogP contribution >= 0.6 is 11.8 Å². The summed E-state index contributed by atoms with van der Waals surface area (Å²) in [5.41, 5.74) is 2.99. The van der Waals surface area contributed by atoms with Gasteiger partial charge in [0.1, 0.15) is 0 Å². The molecule has 21 heavy (non-hydrogen) atoms. The van der Waals surface area contributed by atoms with Crippen LogP contribution in [0.3, 0.4) is 0 Å². The van der Waals surface area contributed by atoms with E-state index in [4.69, 9.17) is 0 Å². The minimum atomic E-state index is 0.682. The number of allylic oxidation sites excluding steroid dienone is 2. The predicted molar refractivity (Wildman–Crippen MR) is 95.6 cm³/mol. The normalized spacial score (nSPS) is 23.6. The van der Waals surface area contributed by atoms with Crippen LogP contribution in [0.4, 0.5) is 0 Å². The van der Waals surface area contributed by atoms with Crippen molar-refractivity contribution >= 4 is 17.8 Å². The van der Waals surface area contributed by atoms with Crippen LogP contribution in [-0.2, 0) is 0 Å². The molecule has 112 valence electrons. The second-order valence-corrected chi connectivity index (χ2v) is 7.60. The zero-order valence-electron chi connectivity index (χ0n) is 12.8. The van der Waals surface area contributed by atoms with Gasteiger partial charge in [-0.25, -0.2) is 0 Å². The van der Waals surface area contributed by atoms with Crippen molar-refractivity contribution in [2.45, 2.75) is 50.2 Å². The fraction of sp³-hybridized carbons (Fsp3) is 0.500. The molecule has 0 spiro atoms. The smallest absolute Gasteiger partial charge is 0.0155 e. The van der Waals surface area contributed by atoms with Gasteiger partial charge in [0.15, 0.2) is 0 Å². The first-order chi connectivity index (χ1) is 10.4. The van der Waals surface area contributed by atoms with Crippen molar-refractivity contribution in [3.63, 3.8) is 0 Å². The van der Waals surface area contributed by atoms with Gasteiger partial charge in [-0.05, 0) is 37.2 Å². The van der Waals surface area contributed by atoms with Crippen LogP contribution in [0.5, 0.6) is 0 Å². The van der Waals surface area contributed by atoms with Crippen LogP contribution < -0.4 is 0 Å². The largest absolute Gasteiger partial charge is 0.154 e. The maximum Gasteiger partial charge on any atom is 0.0155 e. The summed E-state index contributed by atoms with van der Waals surface area (Å²) in [6.07, 6.45) is 17.0. The van der Waals surface area contributed by atoms with E-state index in [-0.39, 0.29) is 0 Å². The Morgan fingerprint density at radius 2 is 1.86 bits per heavy atom. The summed E-state index contributed by atoms with van der Waals surface area (Å²) in [6.45, 7) is 0. The van der Waals surface area contributed by atoms with E-state index < -0.39 is 0 Å². The van der Waals surface area contributed by atoms with E-state index in [2.05, 4.69) is 60.3 Å². The van der Waals surface area contributed by atoms with Gasteiger partial charge in [0.05, 0.1) is 0 Å². The highest BCUT2D eigenvalue weighted by Crippen LogP contribution is 2.34. The van der Waals surface area contributed by atoms with Gasteiger partial charge in [-0.2, -0.15) is 11.8 Å². The molecule has 1 unspecified atom stereocenters. The summed E-state index contributed by atoms with van der Waals surface area (Å²) in [5, 5.41) is 0.906. The number of rotatable bonds is 5. The second kappa shape index (κ2) is 7.89. The number of hydrogen-bond acceptors (Lipinski definition) is 1. The van der Waals surface area contributed by atoms with Crippen molar-refractivity contribution in [3.8, 4) is 0 Å². The summed E-state index contributed by atoms with van der Waals surface area (Å²) in [4.78, 5) is 0. The molecule has 0 N–H and O–H groups in total. The summed E-state index contributed by atoms with van der Waals surface area (Å²) < 4.78 is 0. The Hall–Kier alpha value is -0.950. The van der Waals surface area contributed by atoms with E-state index in [0.717, 1.165) is 5.25 Å². The van der Waals surface area contributed by atoms with E-state index in [1.807, 2.05) is 0 Å². The molecule has 0 amide bonds. The molecule has 1 fully saturated rings. The molecule has 1 atom stereocenters. The molecule has 1 aromatic carbocycles. The summed E-state index contributed by atoms with van der Waals surface area (Å²) in [5.74, 6) is 1.90. The van der Waals surface area contributed by atoms with Crippen molar-refractivity contribution in [2.75, 3.05) is 5.75 Å². The molecule has 0 bridgehead atoms. The Labute approximate surface area is 133 Å². The Kier molecular flexibility index (Phi) is 5.62. The van der Waals surface area contributed by atoms with Crippen LogP contribution in [0.2, 0.25) is 0 Å². The Bertz CT molecular complexity index is 480. The van der Waals surface area contributed by atoms with E-state index in [0.29, 0.717) is 5.92 Å². The average Bonchev–Trinajstić information content (AvgIpc) is 3.08. The van der Waals surface area contributed by atoms with E-state index in [1.54, 1.807) is 5.57 Å². The van der Waals surface area contributed by atoms with E-state index in [9.17, 15) is 0 Å². The SMILES string of the molecule is C1=CC(/C(=C/c2ccccc2)CSC2CCCCC2)CC1. The first kappa shape index (κ1) is 15.0. The fourth-order valence-corrected chi connectivity index (χ4v) is 4.80. The fourth-order valence-electron chi connectivity index (χ4n) is 3.41. The lowest BCUT2D eigenvalue weighted by Gasteiger charge is -2.23. The maximum atomic E-state index is 2.44. The summed E-state index contributed by atoms with van der Waals surface area (Å²) in [6, 6.07) is 10.8. The lowest BCUT2D eigenvalue weighted by Crippen LogP contribution is -2.11. The Morgan fingerprint density at radius 1 is 1.05 bits per heavy atom. The molecule has 3 rings (SSSR count). The molecule has 2 aliphatic rings. The first-order valence-electron chi connectivity index (χ1n) is 8.45. The minimum absolute atomic E-state index is 0.682. The lowest BCUT2D eigenvalue weighted by atomic mass is 9.97. The van der Waals surface area contributed by atoms with Crippen molar-refractivity contribution in [1.29, 1.82) is 0 Å². The molecular formula is C20H26S. The third-order valence-corrected chi connectivity index (χ3v) is 6.12. The molecule has 2 aliphatic carbocycles. The molecule has 0 aromatic heterocycles. The van der Waals surface area contributed by atoms with Gasteiger partial charge >= 0.3 is 0 Å². The van der Waals surface area contributed by atoms with E-state index >= 15 is 0 Å². The van der Waals surface area contributed by atoms with Crippen molar-refractivity contribution in [2.24, 2.45) is 5.92 Å². The highest BCUT2D eigenvalue weighted by Gasteiger charge is 2.18. The van der Waals surface area contributed by atoms with Gasteiger partial charge in [-0.3, -0.25) is 0 Å². The van der Waals surface area contributed by atoms with Crippen molar-refractivity contribution in [1.82, 2.24) is 0 Å². The van der Waals surface area contributed by atoms with Gasteiger partial charge in [0, 0.05) is 11.0 Å². The Morgan fingerprint density at radius 3 is 2.57 bits per heavy atom. The van der Waals surface area contributed by atoms with Gasteiger partial charge in [0.2, 0.25) is 0 Å². The molecule has 0 saturated heterocycles. The molecule has 0 nitrogen and oxygen atoms in total. The topological polar surface area (TPSA) is 0 Å². The quantitative estimate of drug-likeness (QED) is 0.592. The summed E-state index contributed by atoms with van der Waals surface area (Å²) in [7, 11) is 0. The van der Waals surface area contributed by atoms with Crippen LogP contribution in [0.1, 0.15) is 50.5 Å². The number of benzene rings is 1. The standard InChI is InChI=1S/C20H26S/c1-3-9-17(10-4-1)15-19(18-11-7-8-12-18)16-21-20-13-5-2-6-14-20/h1,3-4,7,9-11,15,18,20H,2,5-6,8,12-14,16H2/b19-15+. The first-order valence-corrected chi connectivity index (χ1v) is 9.50. The van der Waals surface area contributed by atoms with Gasteiger partial charge in [-0.15, -0.1) is 0 Å². The third kappa shape index (κ3) is 4.51. The second-order valence-electron chi connectivity index (χ2n) is 6.31. The van der Waals surface area contributed by atoms with Crippen molar-refractivity contribution in [3.05, 3.63) is 53.6 Å². The molecule has 0 radical (unpaired) electrons. The molecule has 1 heteroatoms.